The van der Waals surface area contributed by atoms with Crippen molar-refractivity contribution < 1.29 is 4.79 Å². The lowest BCUT2D eigenvalue weighted by molar-refractivity contribution is 0.0959. The van der Waals surface area contributed by atoms with Crippen LogP contribution in [0.15, 0.2) is 10.9 Å². The van der Waals surface area contributed by atoms with Crippen LogP contribution in [0.5, 0.6) is 0 Å². The Morgan fingerprint density at radius 2 is 2.67 bits per heavy atom. The Bertz CT molecular complexity index is 195. The largest absolute Gasteiger partial charge is 0.354 e. The molecular weight excluding hydrogens is 136 g/mol. The lowest BCUT2D eigenvalue weighted by atomic mass is 10.5. The van der Waals surface area contributed by atoms with E-state index in [1.807, 2.05) is 0 Å². The number of amides is 1. The molecule has 0 aliphatic heterocycles. The van der Waals surface area contributed by atoms with Gasteiger partial charge >= 0.3 is 0 Å². The molecule has 0 fully saturated rings. The SMILES string of the molecule is CNC(=O)c1cscn1. The summed E-state index contributed by atoms with van der Waals surface area (Å²) in [6.07, 6.45) is 0. The fourth-order valence-corrected chi connectivity index (χ4v) is 0.985. The van der Waals surface area contributed by atoms with Crippen LogP contribution in [0.2, 0.25) is 0 Å². The van der Waals surface area contributed by atoms with Gasteiger partial charge in [0.1, 0.15) is 5.69 Å². The molecule has 0 radical (unpaired) electrons. The molecule has 1 amide bonds. The van der Waals surface area contributed by atoms with E-state index in [4.69, 9.17) is 0 Å². The molecule has 0 aromatic carbocycles. The van der Waals surface area contributed by atoms with Gasteiger partial charge in [0.25, 0.3) is 5.91 Å². The highest BCUT2D eigenvalue weighted by atomic mass is 32.1. The minimum Gasteiger partial charge on any atom is -0.354 e. The van der Waals surface area contributed by atoms with Gasteiger partial charge < -0.3 is 5.32 Å². The Hall–Kier alpha value is -0.900. The van der Waals surface area contributed by atoms with Gasteiger partial charge in [0.2, 0.25) is 0 Å². The normalized spacial score (nSPS) is 9.00. The number of aromatic nitrogens is 1. The van der Waals surface area contributed by atoms with E-state index in [1.54, 1.807) is 17.9 Å². The Balaban J connectivity index is 2.77. The van der Waals surface area contributed by atoms with E-state index in [1.165, 1.54) is 11.3 Å². The van der Waals surface area contributed by atoms with Gasteiger partial charge in [0.05, 0.1) is 5.51 Å². The predicted molar refractivity (Wildman–Crippen MR) is 35.5 cm³/mol. The average molecular weight is 142 g/mol. The molecule has 1 heterocycles. The van der Waals surface area contributed by atoms with Crippen LogP contribution >= 0.6 is 11.3 Å². The maximum absolute atomic E-state index is 10.7. The van der Waals surface area contributed by atoms with Gasteiger partial charge in [-0.25, -0.2) is 4.98 Å². The van der Waals surface area contributed by atoms with Crippen LogP contribution in [-0.4, -0.2) is 17.9 Å². The highest BCUT2D eigenvalue weighted by Gasteiger charge is 2.01. The molecule has 0 spiro atoms. The Morgan fingerprint density at radius 3 is 3.11 bits per heavy atom. The van der Waals surface area contributed by atoms with Crippen molar-refractivity contribution in [1.29, 1.82) is 0 Å². The van der Waals surface area contributed by atoms with Gasteiger partial charge in [-0.05, 0) is 0 Å². The first-order valence-corrected chi connectivity index (χ1v) is 3.39. The standard InChI is InChI=1S/C5H6N2OS/c1-6-5(8)4-2-9-3-7-4/h2-3H,1H3,(H,6,8). The molecule has 0 atom stereocenters. The van der Waals surface area contributed by atoms with Crippen molar-refractivity contribution in [2.24, 2.45) is 0 Å². The summed E-state index contributed by atoms with van der Waals surface area (Å²) in [6.45, 7) is 0. The molecule has 0 aliphatic rings. The number of hydrogen-bond donors (Lipinski definition) is 1. The van der Waals surface area contributed by atoms with Gasteiger partial charge in [-0.3, -0.25) is 4.79 Å². The molecule has 1 rings (SSSR count). The summed E-state index contributed by atoms with van der Waals surface area (Å²) >= 11 is 1.41. The van der Waals surface area contributed by atoms with Crippen molar-refractivity contribution in [1.82, 2.24) is 10.3 Å². The summed E-state index contributed by atoms with van der Waals surface area (Å²) < 4.78 is 0. The predicted octanol–water partition coefficient (Wildman–Crippen LogP) is 0.503. The second kappa shape index (κ2) is 2.59. The summed E-state index contributed by atoms with van der Waals surface area (Å²) in [5, 5.41) is 4.18. The first-order valence-electron chi connectivity index (χ1n) is 2.45. The van der Waals surface area contributed by atoms with Crippen LogP contribution in [0, 0.1) is 0 Å². The van der Waals surface area contributed by atoms with Crippen molar-refractivity contribution in [3.63, 3.8) is 0 Å². The molecule has 1 aromatic heterocycles. The monoisotopic (exact) mass is 142 g/mol. The van der Waals surface area contributed by atoms with Crippen LogP contribution in [0.25, 0.3) is 0 Å². The number of carbonyl (C=O) groups excluding carboxylic acids is 1. The number of nitrogens with one attached hydrogen (secondary N) is 1. The molecule has 0 bridgehead atoms. The van der Waals surface area contributed by atoms with Crippen LogP contribution in [0.4, 0.5) is 0 Å². The van der Waals surface area contributed by atoms with E-state index in [0.29, 0.717) is 5.69 Å². The quantitative estimate of drug-likeness (QED) is 0.620. The van der Waals surface area contributed by atoms with Crippen LogP contribution in [0.1, 0.15) is 10.5 Å². The zero-order chi connectivity index (χ0) is 6.69. The molecule has 1 aromatic rings. The van der Waals surface area contributed by atoms with Crippen molar-refractivity contribution >= 4 is 17.2 Å². The van der Waals surface area contributed by atoms with Crippen LogP contribution < -0.4 is 5.32 Å². The number of nitrogens with zero attached hydrogens (tertiary/aromatic N) is 1. The van der Waals surface area contributed by atoms with Gasteiger partial charge in [-0.1, -0.05) is 0 Å². The zero-order valence-electron chi connectivity index (χ0n) is 4.92. The summed E-state index contributed by atoms with van der Waals surface area (Å²) in [6, 6.07) is 0. The highest BCUT2D eigenvalue weighted by Crippen LogP contribution is 1.98. The molecule has 0 unspecified atom stereocenters. The molecule has 48 valence electrons. The van der Waals surface area contributed by atoms with E-state index in [0.717, 1.165) is 0 Å². The molecule has 4 heteroatoms. The Labute approximate surface area is 56.7 Å². The van der Waals surface area contributed by atoms with Crippen molar-refractivity contribution in [3.05, 3.63) is 16.6 Å². The minimum absolute atomic E-state index is 0.128. The molecule has 0 aliphatic carbocycles. The number of hydrogen-bond acceptors (Lipinski definition) is 3. The third kappa shape index (κ3) is 1.26. The van der Waals surface area contributed by atoms with Crippen molar-refractivity contribution in [2.75, 3.05) is 7.05 Å². The molecular formula is C5H6N2OS. The Kier molecular flexibility index (Phi) is 1.79. The van der Waals surface area contributed by atoms with Gasteiger partial charge in [-0.15, -0.1) is 11.3 Å². The zero-order valence-corrected chi connectivity index (χ0v) is 5.73. The second-order valence-corrected chi connectivity index (χ2v) is 2.17. The minimum atomic E-state index is -0.128. The maximum atomic E-state index is 10.7. The Morgan fingerprint density at radius 1 is 1.89 bits per heavy atom. The molecule has 0 saturated carbocycles. The summed E-state index contributed by atoms with van der Waals surface area (Å²) in [5.74, 6) is -0.128. The number of thiazole rings is 1. The number of carbonyl (C=O) groups is 1. The first-order chi connectivity index (χ1) is 4.34. The van der Waals surface area contributed by atoms with Crippen LogP contribution in [0.3, 0.4) is 0 Å². The number of rotatable bonds is 1. The fourth-order valence-electron chi connectivity index (χ4n) is 0.453. The lowest BCUT2D eigenvalue weighted by Crippen LogP contribution is -2.17. The third-order valence-corrected chi connectivity index (χ3v) is 1.48. The van der Waals surface area contributed by atoms with Crippen LogP contribution in [-0.2, 0) is 0 Å². The lowest BCUT2D eigenvalue weighted by Gasteiger charge is -1.89. The average Bonchev–Trinajstić information content (AvgIpc) is 2.37. The van der Waals surface area contributed by atoms with E-state index >= 15 is 0 Å². The van der Waals surface area contributed by atoms with Crippen molar-refractivity contribution in [2.45, 2.75) is 0 Å². The maximum Gasteiger partial charge on any atom is 0.270 e. The van der Waals surface area contributed by atoms with E-state index in [9.17, 15) is 4.79 Å². The van der Waals surface area contributed by atoms with E-state index in [-0.39, 0.29) is 5.91 Å². The summed E-state index contributed by atoms with van der Waals surface area (Å²) in [4.78, 5) is 14.5. The van der Waals surface area contributed by atoms with E-state index < -0.39 is 0 Å². The van der Waals surface area contributed by atoms with Gasteiger partial charge in [0.15, 0.2) is 0 Å². The third-order valence-electron chi connectivity index (χ3n) is 0.892. The highest BCUT2D eigenvalue weighted by molar-refractivity contribution is 7.07. The summed E-state index contributed by atoms with van der Waals surface area (Å²) in [5.41, 5.74) is 2.12. The molecule has 3 nitrogen and oxygen atoms in total. The first kappa shape index (κ1) is 6.22. The van der Waals surface area contributed by atoms with Gasteiger partial charge in [-0.2, -0.15) is 0 Å². The topological polar surface area (TPSA) is 42.0 Å². The second-order valence-electron chi connectivity index (χ2n) is 1.45. The summed E-state index contributed by atoms with van der Waals surface area (Å²) in [7, 11) is 1.58. The van der Waals surface area contributed by atoms with E-state index in [2.05, 4.69) is 10.3 Å². The van der Waals surface area contributed by atoms with Gasteiger partial charge in [0, 0.05) is 12.4 Å². The fraction of sp³-hybridized carbons (Fsp3) is 0.200. The smallest absolute Gasteiger partial charge is 0.270 e. The molecule has 1 N–H and O–H groups in total. The van der Waals surface area contributed by atoms with Crippen molar-refractivity contribution in [3.8, 4) is 0 Å². The molecule has 0 saturated heterocycles. The molecule has 9 heavy (non-hydrogen) atoms.